The number of halogens is 4. The third-order valence-corrected chi connectivity index (χ3v) is 2.38. The zero-order valence-corrected chi connectivity index (χ0v) is 8.76. The predicted octanol–water partition coefficient (Wildman–Crippen LogP) is 3.17. The number of phenols is 1. The van der Waals surface area contributed by atoms with Crippen LogP contribution in [-0.4, -0.2) is 5.11 Å². The lowest BCUT2D eigenvalue weighted by molar-refractivity contribution is -0.152. The fourth-order valence-corrected chi connectivity index (χ4v) is 1.47. The van der Waals surface area contributed by atoms with Gasteiger partial charge in [0.2, 0.25) is 5.76 Å². The van der Waals surface area contributed by atoms with E-state index in [-0.39, 0.29) is 16.0 Å². The number of rotatable bonds is 0. The Labute approximate surface area is 97.0 Å². The molecule has 0 saturated carbocycles. The quantitative estimate of drug-likeness (QED) is 0.795. The molecule has 0 atom stereocenters. The minimum atomic E-state index is -4.76. The van der Waals surface area contributed by atoms with E-state index in [9.17, 15) is 23.1 Å². The molecular weight excluding hydrogens is 261 g/mol. The van der Waals surface area contributed by atoms with Crippen LogP contribution in [0.15, 0.2) is 27.4 Å². The molecule has 1 aromatic heterocycles. The second-order valence-electron chi connectivity index (χ2n) is 3.27. The van der Waals surface area contributed by atoms with Crippen LogP contribution in [0.4, 0.5) is 13.2 Å². The van der Waals surface area contributed by atoms with Crippen LogP contribution in [-0.2, 0) is 6.18 Å². The van der Waals surface area contributed by atoms with Crippen LogP contribution in [0.3, 0.4) is 0 Å². The average molecular weight is 265 g/mol. The summed E-state index contributed by atoms with van der Waals surface area (Å²) < 4.78 is 41.6. The summed E-state index contributed by atoms with van der Waals surface area (Å²) in [6.07, 6.45) is -4.76. The Kier molecular flexibility index (Phi) is 2.54. The number of fused-ring (bicyclic) bond motifs is 1. The third-order valence-electron chi connectivity index (χ3n) is 2.08. The van der Waals surface area contributed by atoms with Gasteiger partial charge >= 0.3 is 6.18 Å². The van der Waals surface area contributed by atoms with Crippen molar-refractivity contribution < 1.29 is 22.7 Å². The van der Waals surface area contributed by atoms with Gasteiger partial charge in [0.25, 0.3) is 0 Å². The molecule has 1 aromatic carbocycles. The van der Waals surface area contributed by atoms with Crippen LogP contribution in [0.5, 0.6) is 5.75 Å². The van der Waals surface area contributed by atoms with E-state index in [0.29, 0.717) is 6.07 Å². The molecule has 3 nitrogen and oxygen atoms in total. The van der Waals surface area contributed by atoms with Crippen molar-refractivity contribution in [2.75, 3.05) is 0 Å². The third kappa shape index (κ3) is 2.08. The van der Waals surface area contributed by atoms with Crippen molar-refractivity contribution in [1.29, 1.82) is 0 Å². The highest BCUT2D eigenvalue weighted by Gasteiger charge is 2.35. The summed E-state index contributed by atoms with van der Waals surface area (Å²) in [6, 6.07) is 2.27. The van der Waals surface area contributed by atoms with E-state index in [1.54, 1.807) is 0 Å². The van der Waals surface area contributed by atoms with E-state index < -0.39 is 23.1 Å². The zero-order chi connectivity index (χ0) is 12.8. The lowest BCUT2D eigenvalue weighted by atomic mass is 10.2. The van der Waals surface area contributed by atoms with Crippen LogP contribution in [0.1, 0.15) is 5.76 Å². The van der Waals surface area contributed by atoms with Crippen LogP contribution < -0.4 is 5.43 Å². The summed E-state index contributed by atoms with van der Waals surface area (Å²) in [5.41, 5.74) is -1.24. The molecule has 7 heteroatoms. The first kappa shape index (κ1) is 11.8. The molecule has 0 aliphatic heterocycles. The Bertz CT molecular complexity index is 646. The summed E-state index contributed by atoms with van der Waals surface area (Å²) in [4.78, 5) is 11.4. The van der Waals surface area contributed by atoms with Gasteiger partial charge in [-0.3, -0.25) is 4.79 Å². The molecular formula is C10H4ClF3O3. The SMILES string of the molecule is O=c1cc(C(F)(F)F)oc2cc(O)c(Cl)cc12. The molecule has 90 valence electrons. The first-order chi connectivity index (χ1) is 7.79. The van der Waals surface area contributed by atoms with Crippen molar-refractivity contribution in [3.63, 3.8) is 0 Å². The first-order valence-corrected chi connectivity index (χ1v) is 4.70. The van der Waals surface area contributed by atoms with Crippen LogP contribution in [0.25, 0.3) is 11.0 Å². The molecule has 0 spiro atoms. The van der Waals surface area contributed by atoms with Gasteiger partial charge in [-0.1, -0.05) is 11.6 Å². The number of alkyl halides is 3. The first-order valence-electron chi connectivity index (χ1n) is 4.32. The molecule has 1 heterocycles. The van der Waals surface area contributed by atoms with E-state index in [1.165, 1.54) is 0 Å². The van der Waals surface area contributed by atoms with Gasteiger partial charge in [-0.05, 0) is 6.07 Å². The maximum absolute atomic E-state index is 12.4. The van der Waals surface area contributed by atoms with Gasteiger partial charge in [0.15, 0.2) is 5.43 Å². The average Bonchev–Trinajstić information content (AvgIpc) is 2.19. The van der Waals surface area contributed by atoms with Gasteiger partial charge in [-0.2, -0.15) is 13.2 Å². The van der Waals surface area contributed by atoms with E-state index in [4.69, 9.17) is 11.6 Å². The van der Waals surface area contributed by atoms with Crippen LogP contribution in [0, 0.1) is 0 Å². The standard InChI is InChI=1S/C10H4ClF3O3/c11-5-1-4-6(15)3-9(10(12,13)14)17-8(4)2-7(5)16/h1-3,16H. The van der Waals surface area contributed by atoms with Gasteiger partial charge in [0, 0.05) is 12.1 Å². The molecule has 0 aliphatic carbocycles. The Morgan fingerprint density at radius 3 is 2.47 bits per heavy atom. The fraction of sp³-hybridized carbons (Fsp3) is 0.100. The monoisotopic (exact) mass is 264 g/mol. The van der Waals surface area contributed by atoms with Crippen molar-refractivity contribution >= 4 is 22.6 Å². The fourth-order valence-electron chi connectivity index (χ4n) is 1.30. The number of phenolic OH excluding ortho intramolecular Hbond substituents is 1. The second-order valence-corrected chi connectivity index (χ2v) is 3.68. The van der Waals surface area contributed by atoms with E-state index >= 15 is 0 Å². The molecule has 0 fully saturated rings. The molecule has 2 rings (SSSR count). The van der Waals surface area contributed by atoms with Gasteiger partial charge in [-0.25, -0.2) is 0 Å². The Morgan fingerprint density at radius 1 is 1.24 bits per heavy atom. The number of aromatic hydroxyl groups is 1. The maximum atomic E-state index is 12.4. The van der Waals surface area contributed by atoms with Crippen molar-refractivity contribution in [3.8, 4) is 5.75 Å². The maximum Gasteiger partial charge on any atom is 0.449 e. The van der Waals surface area contributed by atoms with Gasteiger partial charge in [-0.15, -0.1) is 0 Å². The lowest BCUT2D eigenvalue weighted by Crippen LogP contribution is -2.10. The summed E-state index contributed by atoms with van der Waals surface area (Å²) >= 11 is 5.54. The molecule has 0 radical (unpaired) electrons. The minimum absolute atomic E-state index is 0.124. The highest BCUT2D eigenvalue weighted by molar-refractivity contribution is 6.32. The highest BCUT2D eigenvalue weighted by Crippen LogP contribution is 2.32. The van der Waals surface area contributed by atoms with Gasteiger partial charge < -0.3 is 9.52 Å². The summed E-state index contributed by atoms with van der Waals surface area (Å²) in [5, 5.41) is 8.97. The molecule has 0 aliphatic rings. The minimum Gasteiger partial charge on any atom is -0.506 e. The number of hydrogen-bond donors (Lipinski definition) is 1. The molecule has 0 bridgehead atoms. The molecule has 17 heavy (non-hydrogen) atoms. The van der Waals surface area contributed by atoms with E-state index in [1.807, 2.05) is 0 Å². The van der Waals surface area contributed by atoms with Gasteiger partial charge in [0.05, 0.1) is 10.4 Å². The summed E-state index contributed by atoms with van der Waals surface area (Å²) in [7, 11) is 0. The second kappa shape index (κ2) is 3.66. The zero-order valence-electron chi connectivity index (χ0n) is 8.01. The highest BCUT2D eigenvalue weighted by atomic mass is 35.5. The molecule has 0 unspecified atom stereocenters. The van der Waals surface area contributed by atoms with E-state index in [2.05, 4.69) is 4.42 Å². The van der Waals surface area contributed by atoms with Gasteiger partial charge in [0.1, 0.15) is 11.3 Å². The smallest absolute Gasteiger partial charge is 0.449 e. The molecule has 0 saturated heterocycles. The van der Waals surface area contributed by atoms with Crippen LogP contribution >= 0.6 is 11.6 Å². The molecule has 0 amide bonds. The van der Waals surface area contributed by atoms with Crippen molar-refractivity contribution in [3.05, 3.63) is 39.2 Å². The van der Waals surface area contributed by atoms with Crippen molar-refractivity contribution in [1.82, 2.24) is 0 Å². The topological polar surface area (TPSA) is 50.4 Å². The molecule has 2 aromatic rings. The van der Waals surface area contributed by atoms with E-state index in [0.717, 1.165) is 12.1 Å². The largest absolute Gasteiger partial charge is 0.506 e. The number of hydrogen-bond acceptors (Lipinski definition) is 3. The van der Waals surface area contributed by atoms with Crippen molar-refractivity contribution in [2.45, 2.75) is 6.18 Å². The summed E-state index contributed by atoms with van der Waals surface area (Å²) in [6.45, 7) is 0. The number of benzene rings is 1. The lowest BCUT2D eigenvalue weighted by Gasteiger charge is -2.06. The van der Waals surface area contributed by atoms with Crippen LogP contribution in [0.2, 0.25) is 5.02 Å². The Morgan fingerprint density at radius 2 is 1.88 bits per heavy atom. The summed E-state index contributed by atoms with van der Waals surface area (Å²) in [5.74, 6) is -1.88. The Balaban J connectivity index is 2.83. The Hall–Kier alpha value is -1.69. The van der Waals surface area contributed by atoms with Crippen molar-refractivity contribution in [2.24, 2.45) is 0 Å². The molecule has 1 N–H and O–H groups in total. The normalized spacial score (nSPS) is 12.0. The predicted molar refractivity (Wildman–Crippen MR) is 54.2 cm³/mol.